The van der Waals surface area contributed by atoms with Crippen molar-refractivity contribution in [2.75, 3.05) is 49.6 Å². The number of ether oxygens (including phenoxy) is 1. The molecule has 8 heteroatoms. The Hall–Kier alpha value is -2.74. The summed E-state index contributed by atoms with van der Waals surface area (Å²) in [7, 11) is 0. The second-order valence-corrected chi connectivity index (χ2v) is 6.51. The number of aromatic nitrogens is 3. The van der Waals surface area contributed by atoms with Crippen LogP contribution in [0.4, 0.5) is 17.3 Å². The number of nitrogens with one attached hydrogen (secondary N) is 1. The number of nitrogens with zero attached hydrogens (tertiary/aromatic N) is 5. The van der Waals surface area contributed by atoms with Gasteiger partial charge in [0.25, 0.3) is 0 Å². The lowest BCUT2D eigenvalue weighted by Gasteiger charge is -2.36. The van der Waals surface area contributed by atoms with Gasteiger partial charge in [0.1, 0.15) is 0 Å². The fourth-order valence-corrected chi connectivity index (χ4v) is 3.29. The molecule has 2 aliphatic heterocycles. The van der Waals surface area contributed by atoms with E-state index in [9.17, 15) is 4.79 Å². The number of pyridine rings is 1. The number of carbonyl (C=O) groups is 1. The Morgan fingerprint density at radius 3 is 2.54 bits per heavy atom. The third-order valence-corrected chi connectivity index (χ3v) is 4.80. The molecule has 1 amide bonds. The van der Waals surface area contributed by atoms with Gasteiger partial charge < -0.3 is 19.9 Å². The van der Waals surface area contributed by atoms with Gasteiger partial charge in [-0.2, -0.15) is 0 Å². The molecule has 2 aliphatic rings. The van der Waals surface area contributed by atoms with Crippen LogP contribution in [0.15, 0.2) is 36.7 Å². The Balaban J connectivity index is 1.32. The molecule has 8 nitrogen and oxygen atoms in total. The summed E-state index contributed by atoms with van der Waals surface area (Å²) < 4.78 is 5.33. The fourth-order valence-electron chi connectivity index (χ4n) is 3.29. The van der Waals surface area contributed by atoms with Crippen LogP contribution in [0.1, 0.15) is 6.42 Å². The van der Waals surface area contributed by atoms with Gasteiger partial charge >= 0.3 is 0 Å². The molecule has 2 aromatic heterocycles. The first-order valence-electron chi connectivity index (χ1n) is 8.92. The molecule has 0 saturated carbocycles. The van der Waals surface area contributed by atoms with Crippen molar-refractivity contribution >= 4 is 23.2 Å². The third-order valence-electron chi connectivity index (χ3n) is 4.80. The first-order valence-corrected chi connectivity index (χ1v) is 8.92. The maximum Gasteiger partial charge on any atom is 0.228 e. The minimum absolute atomic E-state index is 0.0416. The predicted molar refractivity (Wildman–Crippen MR) is 97.3 cm³/mol. The highest BCUT2D eigenvalue weighted by Crippen LogP contribution is 2.20. The maximum absolute atomic E-state index is 12.4. The van der Waals surface area contributed by atoms with Gasteiger partial charge in [-0.15, -0.1) is 10.2 Å². The number of hydrogen-bond donors (Lipinski definition) is 1. The van der Waals surface area contributed by atoms with Gasteiger partial charge in [-0.05, 0) is 30.7 Å². The number of amides is 1. The van der Waals surface area contributed by atoms with Crippen LogP contribution in [-0.2, 0) is 9.53 Å². The van der Waals surface area contributed by atoms with Crippen LogP contribution in [0.25, 0.3) is 0 Å². The van der Waals surface area contributed by atoms with Crippen LogP contribution in [0.3, 0.4) is 0 Å². The highest BCUT2D eigenvalue weighted by Gasteiger charge is 2.30. The highest BCUT2D eigenvalue weighted by atomic mass is 16.5. The molecule has 1 atom stereocenters. The molecular formula is C18H22N6O2. The van der Waals surface area contributed by atoms with E-state index in [1.807, 2.05) is 29.2 Å². The lowest BCUT2D eigenvalue weighted by atomic mass is 10.1. The third kappa shape index (κ3) is 3.75. The van der Waals surface area contributed by atoms with Gasteiger partial charge in [-0.1, -0.05) is 0 Å². The Bertz CT molecular complexity index is 725. The van der Waals surface area contributed by atoms with Crippen LogP contribution < -0.4 is 10.2 Å². The monoisotopic (exact) mass is 354 g/mol. The van der Waals surface area contributed by atoms with E-state index in [2.05, 4.69) is 25.4 Å². The van der Waals surface area contributed by atoms with Crippen molar-refractivity contribution in [1.82, 2.24) is 20.1 Å². The average molecular weight is 354 g/mol. The normalized spacial score (nSPS) is 20.2. The van der Waals surface area contributed by atoms with Crippen molar-refractivity contribution in [3.05, 3.63) is 36.7 Å². The summed E-state index contributed by atoms with van der Waals surface area (Å²) in [5.41, 5.74) is 0.921. The van der Waals surface area contributed by atoms with Crippen LogP contribution >= 0.6 is 0 Å². The summed E-state index contributed by atoms with van der Waals surface area (Å²) in [4.78, 5) is 20.5. The molecule has 4 heterocycles. The number of hydrogen-bond acceptors (Lipinski definition) is 7. The fraction of sp³-hybridized carbons (Fsp3) is 0.444. The standard InChI is InChI=1S/C18H22N6O2/c25-18(14-5-12-26-13-14)24-10-8-23(9-11-24)17-2-1-16(21-22-17)20-15-3-6-19-7-4-15/h1-4,6-7,14H,5,8-13H2,(H,19,20,21). The van der Waals surface area contributed by atoms with Crippen LogP contribution in [0, 0.1) is 5.92 Å². The van der Waals surface area contributed by atoms with Crippen LogP contribution in [0.2, 0.25) is 0 Å². The first kappa shape index (κ1) is 16.7. The second kappa shape index (κ2) is 7.65. The molecule has 26 heavy (non-hydrogen) atoms. The maximum atomic E-state index is 12.4. The number of piperazine rings is 1. The predicted octanol–water partition coefficient (Wildman–Crippen LogP) is 1.30. The van der Waals surface area contributed by atoms with Gasteiger partial charge in [-0.3, -0.25) is 9.78 Å². The Morgan fingerprint density at radius 2 is 1.88 bits per heavy atom. The first-order chi connectivity index (χ1) is 12.8. The molecule has 0 aromatic carbocycles. The Labute approximate surface area is 152 Å². The van der Waals surface area contributed by atoms with Gasteiger partial charge in [-0.25, -0.2) is 0 Å². The van der Waals surface area contributed by atoms with E-state index in [4.69, 9.17) is 4.74 Å². The molecule has 0 aliphatic carbocycles. The van der Waals surface area contributed by atoms with Crippen molar-refractivity contribution in [2.24, 2.45) is 5.92 Å². The van der Waals surface area contributed by atoms with Crippen molar-refractivity contribution in [3.8, 4) is 0 Å². The van der Waals surface area contributed by atoms with E-state index in [1.165, 1.54) is 0 Å². The summed E-state index contributed by atoms with van der Waals surface area (Å²) in [6.07, 6.45) is 4.29. The van der Waals surface area contributed by atoms with Gasteiger partial charge in [0.2, 0.25) is 5.91 Å². The molecule has 0 spiro atoms. The topological polar surface area (TPSA) is 83.5 Å². The molecule has 1 unspecified atom stereocenters. The van der Waals surface area contributed by atoms with Crippen LogP contribution in [-0.4, -0.2) is 65.4 Å². The van der Waals surface area contributed by atoms with Crippen molar-refractivity contribution in [3.63, 3.8) is 0 Å². The van der Waals surface area contributed by atoms with E-state index in [0.29, 0.717) is 32.1 Å². The highest BCUT2D eigenvalue weighted by molar-refractivity contribution is 5.79. The van der Waals surface area contributed by atoms with E-state index < -0.39 is 0 Å². The average Bonchev–Trinajstić information content (AvgIpc) is 3.24. The molecule has 2 saturated heterocycles. The van der Waals surface area contributed by atoms with E-state index in [0.717, 1.165) is 31.0 Å². The molecule has 136 valence electrons. The molecule has 4 rings (SSSR count). The van der Waals surface area contributed by atoms with Crippen LogP contribution in [0.5, 0.6) is 0 Å². The summed E-state index contributed by atoms with van der Waals surface area (Å²) in [6.45, 7) is 4.24. The Kier molecular flexibility index (Phi) is 4.92. The number of anilines is 3. The van der Waals surface area contributed by atoms with Crippen molar-refractivity contribution in [1.29, 1.82) is 0 Å². The van der Waals surface area contributed by atoms with E-state index in [-0.39, 0.29) is 11.8 Å². The summed E-state index contributed by atoms with van der Waals surface area (Å²) in [5.74, 6) is 1.79. The largest absolute Gasteiger partial charge is 0.381 e. The van der Waals surface area contributed by atoms with Gasteiger partial charge in [0, 0.05) is 50.9 Å². The minimum atomic E-state index is 0.0416. The van der Waals surface area contributed by atoms with Gasteiger partial charge in [0.15, 0.2) is 11.6 Å². The zero-order valence-corrected chi connectivity index (χ0v) is 14.5. The lowest BCUT2D eigenvalue weighted by Crippen LogP contribution is -2.50. The van der Waals surface area contributed by atoms with Crippen molar-refractivity contribution in [2.45, 2.75) is 6.42 Å². The zero-order valence-electron chi connectivity index (χ0n) is 14.5. The zero-order chi connectivity index (χ0) is 17.8. The number of rotatable bonds is 4. The molecular weight excluding hydrogens is 332 g/mol. The van der Waals surface area contributed by atoms with E-state index in [1.54, 1.807) is 12.4 Å². The molecule has 2 fully saturated rings. The molecule has 1 N–H and O–H groups in total. The molecule has 0 bridgehead atoms. The van der Waals surface area contributed by atoms with Gasteiger partial charge in [0.05, 0.1) is 12.5 Å². The van der Waals surface area contributed by atoms with E-state index >= 15 is 0 Å². The summed E-state index contributed by atoms with van der Waals surface area (Å²) >= 11 is 0. The quantitative estimate of drug-likeness (QED) is 0.886. The SMILES string of the molecule is O=C(C1CCOC1)N1CCN(c2ccc(Nc3ccncc3)nn2)CC1. The second-order valence-electron chi connectivity index (χ2n) is 6.51. The molecule has 2 aromatic rings. The summed E-state index contributed by atoms with van der Waals surface area (Å²) in [6, 6.07) is 7.62. The summed E-state index contributed by atoms with van der Waals surface area (Å²) in [5, 5.41) is 11.8. The van der Waals surface area contributed by atoms with Crippen molar-refractivity contribution < 1.29 is 9.53 Å². The molecule has 0 radical (unpaired) electrons. The lowest BCUT2D eigenvalue weighted by molar-refractivity contribution is -0.135. The smallest absolute Gasteiger partial charge is 0.228 e. The Morgan fingerprint density at radius 1 is 1.08 bits per heavy atom. The number of carbonyl (C=O) groups excluding carboxylic acids is 1. The minimum Gasteiger partial charge on any atom is -0.381 e.